The molecule has 0 spiro atoms. The Morgan fingerprint density at radius 1 is 1.44 bits per heavy atom. The van der Waals surface area contributed by atoms with Crippen LogP contribution in [0.3, 0.4) is 0 Å². The zero-order chi connectivity index (χ0) is 6.69. The standard InChI is InChI=1S/C9H14/c1-3-9-6-4-5-8(2)7-9/h1,8-9H,4-7H2,2H3/t8-,9+/m1/s1. The molecule has 0 aromatic heterocycles. The minimum absolute atomic E-state index is 0.591. The molecule has 50 valence electrons. The second kappa shape index (κ2) is 2.92. The molecule has 0 amide bonds. The molecule has 0 heterocycles. The summed E-state index contributed by atoms with van der Waals surface area (Å²) in [4.78, 5) is 0. The molecule has 0 unspecified atom stereocenters. The fraction of sp³-hybridized carbons (Fsp3) is 0.778. The molecule has 0 aliphatic heterocycles. The number of rotatable bonds is 0. The zero-order valence-corrected chi connectivity index (χ0v) is 6.06. The van der Waals surface area contributed by atoms with E-state index in [0.717, 1.165) is 5.92 Å². The van der Waals surface area contributed by atoms with E-state index in [4.69, 9.17) is 6.42 Å². The fourth-order valence-corrected chi connectivity index (χ4v) is 1.59. The van der Waals surface area contributed by atoms with Gasteiger partial charge in [0, 0.05) is 5.92 Å². The Labute approximate surface area is 57.7 Å². The second-order valence-electron chi connectivity index (χ2n) is 3.14. The molecule has 1 saturated carbocycles. The Morgan fingerprint density at radius 3 is 2.67 bits per heavy atom. The first-order valence-corrected chi connectivity index (χ1v) is 3.79. The summed E-state index contributed by atoms with van der Waals surface area (Å²) >= 11 is 0. The van der Waals surface area contributed by atoms with Crippen LogP contribution in [-0.2, 0) is 0 Å². The third kappa shape index (κ3) is 1.75. The van der Waals surface area contributed by atoms with Gasteiger partial charge in [0.2, 0.25) is 0 Å². The predicted octanol–water partition coefficient (Wildman–Crippen LogP) is 2.45. The normalized spacial score (nSPS) is 35.6. The molecule has 0 heteroatoms. The van der Waals surface area contributed by atoms with Crippen molar-refractivity contribution in [3.05, 3.63) is 0 Å². The van der Waals surface area contributed by atoms with Crippen molar-refractivity contribution in [2.75, 3.05) is 0 Å². The summed E-state index contributed by atoms with van der Waals surface area (Å²) in [7, 11) is 0. The van der Waals surface area contributed by atoms with Crippen molar-refractivity contribution < 1.29 is 0 Å². The van der Waals surface area contributed by atoms with E-state index >= 15 is 0 Å². The second-order valence-corrected chi connectivity index (χ2v) is 3.14. The van der Waals surface area contributed by atoms with E-state index in [2.05, 4.69) is 12.8 Å². The lowest BCUT2D eigenvalue weighted by atomic mass is 9.83. The summed E-state index contributed by atoms with van der Waals surface area (Å²) in [6.45, 7) is 2.30. The van der Waals surface area contributed by atoms with Crippen LogP contribution in [0.1, 0.15) is 32.6 Å². The van der Waals surface area contributed by atoms with Gasteiger partial charge in [-0.05, 0) is 18.8 Å². The fourth-order valence-electron chi connectivity index (χ4n) is 1.59. The summed E-state index contributed by atoms with van der Waals surface area (Å²) in [5, 5.41) is 0. The molecule has 9 heavy (non-hydrogen) atoms. The molecule has 0 aromatic carbocycles. The van der Waals surface area contributed by atoms with E-state index in [1.807, 2.05) is 0 Å². The van der Waals surface area contributed by atoms with Crippen LogP contribution in [0, 0.1) is 24.2 Å². The molecule has 1 rings (SSSR count). The molecule has 0 bridgehead atoms. The van der Waals surface area contributed by atoms with Crippen LogP contribution in [0.4, 0.5) is 0 Å². The van der Waals surface area contributed by atoms with Gasteiger partial charge in [0.15, 0.2) is 0 Å². The van der Waals surface area contributed by atoms with Gasteiger partial charge < -0.3 is 0 Å². The molecule has 0 nitrogen and oxygen atoms in total. The topological polar surface area (TPSA) is 0 Å². The monoisotopic (exact) mass is 122 g/mol. The van der Waals surface area contributed by atoms with Gasteiger partial charge in [-0.25, -0.2) is 0 Å². The molecule has 0 N–H and O–H groups in total. The first kappa shape index (κ1) is 6.68. The van der Waals surface area contributed by atoms with E-state index in [1.54, 1.807) is 0 Å². The third-order valence-corrected chi connectivity index (χ3v) is 2.17. The van der Waals surface area contributed by atoms with Crippen LogP contribution >= 0.6 is 0 Å². The Hall–Kier alpha value is -0.440. The average molecular weight is 122 g/mol. The average Bonchev–Trinajstić information content (AvgIpc) is 1.88. The minimum atomic E-state index is 0.591. The van der Waals surface area contributed by atoms with Crippen molar-refractivity contribution >= 4 is 0 Å². The minimum Gasteiger partial charge on any atom is -0.120 e. The van der Waals surface area contributed by atoms with Crippen molar-refractivity contribution in [1.82, 2.24) is 0 Å². The van der Waals surface area contributed by atoms with E-state index < -0.39 is 0 Å². The molecule has 2 atom stereocenters. The van der Waals surface area contributed by atoms with E-state index in [1.165, 1.54) is 25.7 Å². The van der Waals surface area contributed by atoms with Crippen LogP contribution < -0.4 is 0 Å². The molecule has 0 aromatic rings. The van der Waals surface area contributed by atoms with Gasteiger partial charge in [-0.15, -0.1) is 12.3 Å². The maximum atomic E-state index is 5.32. The molecular formula is C9H14. The lowest BCUT2D eigenvalue weighted by Crippen LogP contribution is -2.10. The van der Waals surface area contributed by atoms with Crippen molar-refractivity contribution in [1.29, 1.82) is 0 Å². The zero-order valence-electron chi connectivity index (χ0n) is 6.06. The lowest BCUT2D eigenvalue weighted by Gasteiger charge is -2.22. The molecule has 1 aliphatic rings. The first-order valence-electron chi connectivity index (χ1n) is 3.79. The number of terminal acetylenes is 1. The van der Waals surface area contributed by atoms with E-state index in [9.17, 15) is 0 Å². The Balaban J connectivity index is 2.34. The van der Waals surface area contributed by atoms with Crippen LogP contribution in [-0.4, -0.2) is 0 Å². The quantitative estimate of drug-likeness (QED) is 0.433. The van der Waals surface area contributed by atoms with Gasteiger partial charge in [-0.3, -0.25) is 0 Å². The molecule has 0 radical (unpaired) electrons. The SMILES string of the molecule is C#C[C@H]1CCC[C@@H](C)C1. The van der Waals surface area contributed by atoms with Crippen molar-refractivity contribution in [2.24, 2.45) is 11.8 Å². The van der Waals surface area contributed by atoms with Gasteiger partial charge in [-0.2, -0.15) is 0 Å². The van der Waals surface area contributed by atoms with Gasteiger partial charge in [0.25, 0.3) is 0 Å². The largest absolute Gasteiger partial charge is 0.120 e. The molecule has 1 aliphatic carbocycles. The van der Waals surface area contributed by atoms with Crippen LogP contribution in [0.15, 0.2) is 0 Å². The predicted molar refractivity (Wildman–Crippen MR) is 40.0 cm³/mol. The highest BCUT2D eigenvalue weighted by Gasteiger charge is 2.15. The first-order chi connectivity index (χ1) is 4.33. The summed E-state index contributed by atoms with van der Waals surface area (Å²) in [6.07, 6.45) is 10.6. The summed E-state index contributed by atoms with van der Waals surface area (Å²) in [6, 6.07) is 0. The Bertz CT molecular complexity index is 118. The summed E-state index contributed by atoms with van der Waals surface area (Å²) < 4.78 is 0. The summed E-state index contributed by atoms with van der Waals surface area (Å²) in [5.41, 5.74) is 0. The number of hydrogen-bond acceptors (Lipinski definition) is 0. The van der Waals surface area contributed by atoms with E-state index in [0.29, 0.717) is 5.92 Å². The molecular weight excluding hydrogens is 108 g/mol. The van der Waals surface area contributed by atoms with Gasteiger partial charge in [0.05, 0.1) is 0 Å². The van der Waals surface area contributed by atoms with Crippen molar-refractivity contribution in [3.8, 4) is 12.3 Å². The molecule has 0 saturated heterocycles. The van der Waals surface area contributed by atoms with Crippen LogP contribution in [0.2, 0.25) is 0 Å². The highest BCUT2D eigenvalue weighted by Crippen LogP contribution is 2.27. The van der Waals surface area contributed by atoms with Gasteiger partial charge >= 0.3 is 0 Å². The molecule has 1 fully saturated rings. The summed E-state index contributed by atoms with van der Waals surface area (Å²) in [5.74, 6) is 4.30. The maximum Gasteiger partial charge on any atom is 0.0202 e. The van der Waals surface area contributed by atoms with Gasteiger partial charge in [0.1, 0.15) is 0 Å². The number of hydrogen-bond donors (Lipinski definition) is 0. The highest BCUT2D eigenvalue weighted by atomic mass is 14.2. The van der Waals surface area contributed by atoms with Gasteiger partial charge in [-0.1, -0.05) is 19.8 Å². The lowest BCUT2D eigenvalue weighted by molar-refractivity contribution is 0.333. The Kier molecular flexibility index (Phi) is 2.16. The van der Waals surface area contributed by atoms with Crippen LogP contribution in [0.25, 0.3) is 0 Å². The van der Waals surface area contributed by atoms with Crippen molar-refractivity contribution in [2.45, 2.75) is 32.6 Å². The van der Waals surface area contributed by atoms with E-state index in [-0.39, 0.29) is 0 Å². The Morgan fingerprint density at radius 2 is 2.22 bits per heavy atom. The smallest absolute Gasteiger partial charge is 0.0202 e. The van der Waals surface area contributed by atoms with Crippen molar-refractivity contribution in [3.63, 3.8) is 0 Å². The maximum absolute atomic E-state index is 5.32. The third-order valence-electron chi connectivity index (χ3n) is 2.17. The van der Waals surface area contributed by atoms with Crippen LogP contribution in [0.5, 0.6) is 0 Å². The highest BCUT2D eigenvalue weighted by molar-refractivity contribution is 4.94.